The van der Waals surface area contributed by atoms with Gasteiger partial charge in [0.15, 0.2) is 11.6 Å². The first-order valence-corrected chi connectivity index (χ1v) is 6.15. The Hall–Kier alpha value is -1.70. The fourth-order valence-corrected chi connectivity index (χ4v) is 2.12. The highest BCUT2D eigenvalue weighted by Crippen LogP contribution is 2.26. The van der Waals surface area contributed by atoms with Crippen LogP contribution in [-0.4, -0.2) is 0 Å². The Kier molecular flexibility index (Phi) is 3.75. The van der Waals surface area contributed by atoms with Gasteiger partial charge >= 0.3 is 0 Å². The summed E-state index contributed by atoms with van der Waals surface area (Å²) in [4.78, 5) is 0. The molecule has 0 heterocycles. The molecule has 2 heteroatoms. The Morgan fingerprint density at radius 3 is 2.39 bits per heavy atom. The summed E-state index contributed by atoms with van der Waals surface area (Å²) in [5.74, 6) is -1.66. The molecule has 2 aromatic carbocycles. The molecule has 0 N–H and O–H groups in total. The van der Waals surface area contributed by atoms with Gasteiger partial charge in [-0.3, -0.25) is 0 Å². The Morgan fingerprint density at radius 2 is 1.72 bits per heavy atom. The fourth-order valence-electron chi connectivity index (χ4n) is 2.12. The maximum Gasteiger partial charge on any atom is 0.167 e. The van der Waals surface area contributed by atoms with Gasteiger partial charge in [0.2, 0.25) is 0 Å². The molecule has 0 atom stereocenters. The molecule has 0 aromatic heterocycles. The zero-order chi connectivity index (χ0) is 13.1. The van der Waals surface area contributed by atoms with Crippen LogP contribution < -0.4 is 0 Å². The molecule has 2 rings (SSSR count). The summed E-state index contributed by atoms with van der Waals surface area (Å²) in [6.45, 7) is 4.15. The maximum atomic E-state index is 13.7. The minimum atomic E-state index is -0.832. The van der Waals surface area contributed by atoms with E-state index < -0.39 is 11.6 Å². The molecule has 0 aliphatic rings. The van der Waals surface area contributed by atoms with Crippen LogP contribution in [0.5, 0.6) is 0 Å². The van der Waals surface area contributed by atoms with Crippen LogP contribution in [0.4, 0.5) is 8.78 Å². The van der Waals surface area contributed by atoms with Crippen LogP contribution in [0.25, 0.3) is 11.1 Å². The third kappa shape index (κ3) is 2.28. The highest BCUT2D eigenvalue weighted by atomic mass is 19.2. The van der Waals surface area contributed by atoms with Crippen LogP contribution in [0.15, 0.2) is 30.3 Å². The van der Waals surface area contributed by atoms with Crippen LogP contribution in [0.3, 0.4) is 0 Å². The summed E-state index contributed by atoms with van der Waals surface area (Å²) >= 11 is 0. The third-order valence-electron chi connectivity index (χ3n) is 3.14. The van der Waals surface area contributed by atoms with Crippen LogP contribution in [0.2, 0.25) is 0 Å². The van der Waals surface area contributed by atoms with Crippen molar-refractivity contribution in [3.63, 3.8) is 0 Å². The van der Waals surface area contributed by atoms with Crippen LogP contribution in [0.1, 0.15) is 25.0 Å². The molecular formula is C16H15F2. The maximum absolute atomic E-state index is 13.7. The fraction of sp³-hybridized carbons (Fsp3) is 0.250. The lowest BCUT2D eigenvalue weighted by Crippen LogP contribution is -1.94. The first-order valence-electron chi connectivity index (χ1n) is 6.15. The van der Waals surface area contributed by atoms with E-state index in [1.807, 2.05) is 18.2 Å². The number of aryl methyl sites for hydroxylation is 2. The number of hydrogen-bond acceptors (Lipinski definition) is 0. The molecule has 0 bridgehead atoms. The van der Waals surface area contributed by atoms with Crippen molar-refractivity contribution < 1.29 is 8.78 Å². The van der Waals surface area contributed by atoms with E-state index >= 15 is 0 Å². The Balaban J connectivity index is 2.54. The molecule has 0 saturated carbocycles. The molecule has 0 spiro atoms. The average molecular weight is 245 g/mol. The topological polar surface area (TPSA) is 0 Å². The lowest BCUT2D eigenvalue weighted by Gasteiger charge is -2.10. The quantitative estimate of drug-likeness (QED) is 0.743. The van der Waals surface area contributed by atoms with Crippen molar-refractivity contribution >= 4 is 0 Å². The van der Waals surface area contributed by atoms with Gasteiger partial charge in [0.1, 0.15) is 0 Å². The van der Waals surface area contributed by atoms with Crippen molar-refractivity contribution in [3.8, 4) is 11.1 Å². The molecule has 0 aliphatic carbocycles. The molecule has 0 amide bonds. The van der Waals surface area contributed by atoms with E-state index in [9.17, 15) is 8.78 Å². The van der Waals surface area contributed by atoms with Gasteiger partial charge < -0.3 is 0 Å². The number of rotatable bonds is 3. The molecule has 18 heavy (non-hydrogen) atoms. The molecule has 0 aliphatic heterocycles. The van der Waals surface area contributed by atoms with E-state index in [0.717, 1.165) is 18.9 Å². The average Bonchev–Trinajstić information content (AvgIpc) is 2.41. The predicted octanol–water partition coefficient (Wildman–Crippen LogP) is 4.56. The van der Waals surface area contributed by atoms with Crippen molar-refractivity contribution in [2.75, 3.05) is 0 Å². The van der Waals surface area contributed by atoms with Crippen molar-refractivity contribution in [3.05, 3.63) is 59.2 Å². The standard InChI is InChI=1S/C16H15F2/c1-3-11-8-9-13(10-12(11)4-2)14-6-5-7-15(17)16(14)18/h5,7-10H,3-4H2,1-2H3. The second-order valence-corrected chi connectivity index (χ2v) is 4.21. The normalized spacial score (nSPS) is 10.7. The van der Waals surface area contributed by atoms with Gasteiger partial charge in [-0.15, -0.1) is 0 Å². The first-order chi connectivity index (χ1) is 8.67. The minimum absolute atomic E-state index is 0.201. The van der Waals surface area contributed by atoms with Gasteiger partial charge in [0.25, 0.3) is 0 Å². The van der Waals surface area contributed by atoms with Crippen molar-refractivity contribution in [1.82, 2.24) is 0 Å². The first kappa shape index (κ1) is 12.7. The smallest absolute Gasteiger partial charge is 0.167 e. The zero-order valence-electron chi connectivity index (χ0n) is 10.6. The van der Waals surface area contributed by atoms with Gasteiger partial charge in [-0.2, -0.15) is 0 Å². The summed E-state index contributed by atoms with van der Waals surface area (Å²) in [6, 6.07) is 11.0. The van der Waals surface area contributed by atoms with Crippen LogP contribution in [0, 0.1) is 17.7 Å². The highest BCUT2D eigenvalue weighted by molar-refractivity contribution is 5.65. The molecule has 0 saturated heterocycles. The molecule has 93 valence electrons. The second kappa shape index (κ2) is 5.30. The van der Waals surface area contributed by atoms with Gasteiger partial charge in [-0.05, 0) is 41.7 Å². The molecule has 1 radical (unpaired) electrons. The van der Waals surface area contributed by atoms with E-state index in [0.29, 0.717) is 5.56 Å². The highest BCUT2D eigenvalue weighted by Gasteiger charge is 2.11. The lowest BCUT2D eigenvalue weighted by atomic mass is 9.96. The summed E-state index contributed by atoms with van der Waals surface area (Å²) < 4.78 is 26.9. The summed E-state index contributed by atoms with van der Waals surface area (Å²) in [6.07, 6.45) is 1.83. The number of benzene rings is 2. The van der Waals surface area contributed by atoms with Gasteiger partial charge in [-0.1, -0.05) is 38.1 Å². The third-order valence-corrected chi connectivity index (χ3v) is 3.14. The Bertz CT molecular complexity index is 559. The Morgan fingerprint density at radius 1 is 1.00 bits per heavy atom. The van der Waals surface area contributed by atoms with E-state index in [1.54, 1.807) is 0 Å². The molecule has 0 fully saturated rings. The van der Waals surface area contributed by atoms with Crippen molar-refractivity contribution in [2.24, 2.45) is 0 Å². The van der Waals surface area contributed by atoms with Crippen molar-refractivity contribution in [2.45, 2.75) is 26.7 Å². The van der Waals surface area contributed by atoms with Crippen molar-refractivity contribution in [1.29, 1.82) is 0 Å². The van der Waals surface area contributed by atoms with E-state index in [-0.39, 0.29) is 5.56 Å². The van der Waals surface area contributed by atoms with Gasteiger partial charge in [0, 0.05) is 5.56 Å². The SMILES string of the molecule is CCc1ccc(-c2[c]ccc(F)c2F)cc1CC. The van der Waals surface area contributed by atoms with Gasteiger partial charge in [0.05, 0.1) is 0 Å². The zero-order valence-corrected chi connectivity index (χ0v) is 10.6. The summed E-state index contributed by atoms with van der Waals surface area (Å²) in [7, 11) is 0. The summed E-state index contributed by atoms with van der Waals surface area (Å²) in [5.41, 5.74) is 3.30. The van der Waals surface area contributed by atoms with E-state index in [4.69, 9.17) is 0 Å². The predicted molar refractivity (Wildman–Crippen MR) is 69.4 cm³/mol. The number of hydrogen-bond donors (Lipinski definition) is 0. The van der Waals surface area contributed by atoms with Gasteiger partial charge in [-0.25, -0.2) is 8.78 Å². The largest absolute Gasteiger partial charge is 0.204 e. The lowest BCUT2D eigenvalue weighted by molar-refractivity contribution is 0.511. The van der Waals surface area contributed by atoms with Crippen LogP contribution >= 0.6 is 0 Å². The van der Waals surface area contributed by atoms with E-state index in [1.165, 1.54) is 17.2 Å². The molecule has 0 unspecified atom stereocenters. The van der Waals surface area contributed by atoms with Crippen LogP contribution in [-0.2, 0) is 12.8 Å². The monoisotopic (exact) mass is 245 g/mol. The molecule has 2 aromatic rings. The van der Waals surface area contributed by atoms with E-state index in [2.05, 4.69) is 19.9 Å². The molecular weight excluding hydrogens is 230 g/mol. The minimum Gasteiger partial charge on any atom is -0.204 e. The Labute approximate surface area is 106 Å². The second-order valence-electron chi connectivity index (χ2n) is 4.21. The summed E-state index contributed by atoms with van der Waals surface area (Å²) in [5, 5.41) is 0. The number of halogens is 2. The molecule has 0 nitrogen and oxygen atoms in total.